The molecule has 8 nitrogen and oxygen atoms in total. The van der Waals surface area contributed by atoms with Crippen molar-refractivity contribution in [2.75, 3.05) is 24.3 Å². The van der Waals surface area contributed by atoms with Crippen LogP contribution >= 0.6 is 11.8 Å². The molecule has 1 aliphatic rings. The molecule has 0 saturated heterocycles. The van der Waals surface area contributed by atoms with E-state index in [9.17, 15) is 4.79 Å². The quantitative estimate of drug-likeness (QED) is 0.662. The van der Waals surface area contributed by atoms with E-state index in [-0.39, 0.29) is 11.7 Å². The standard InChI is InChI=1S/C19H19N5O3S/c1-13-3-6-15(7-4-13)24-19(21-22-23-24)28-12-18(25)20-14-5-8-16-17(11-14)27-10-2-9-26-16/h3-8,11H,2,9-10,12H2,1H3,(H,20,25). The molecule has 1 N–H and O–H groups in total. The van der Waals surface area contributed by atoms with E-state index in [1.165, 1.54) is 11.8 Å². The predicted octanol–water partition coefficient (Wildman–Crippen LogP) is 2.86. The normalized spacial score (nSPS) is 13.0. The van der Waals surface area contributed by atoms with Gasteiger partial charge >= 0.3 is 0 Å². The van der Waals surface area contributed by atoms with E-state index < -0.39 is 0 Å². The van der Waals surface area contributed by atoms with Gasteiger partial charge in [-0.05, 0) is 41.6 Å². The maximum atomic E-state index is 12.4. The summed E-state index contributed by atoms with van der Waals surface area (Å²) in [5.74, 6) is 1.37. The lowest BCUT2D eigenvalue weighted by Crippen LogP contribution is -2.14. The van der Waals surface area contributed by atoms with Gasteiger partial charge in [0.05, 0.1) is 24.7 Å². The second-order valence-electron chi connectivity index (χ2n) is 6.26. The lowest BCUT2D eigenvalue weighted by Gasteiger charge is -2.10. The van der Waals surface area contributed by atoms with Crippen molar-refractivity contribution in [3.8, 4) is 17.2 Å². The zero-order valence-corrected chi connectivity index (χ0v) is 16.1. The maximum absolute atomic E-state index is 12.4. The Kier molecular flexibility index (Phi) is 5.43. The minimum atomic E-state index is -0.155. The summed E-state index contributed by atoms with van der Waals surface area (Å²) < 4.78 is 12.9. The number of fused-ring (bicyclic) bond motifs is 1. The maximum Gasteiger partial charge on any atom is 0.234 e. The lowest BCUT2D eigenvalue weighted by atomic mass is 10.2. The van der Waals surface area contributed by atoms with Gasteiger partial charge < -0.3 is 14.8 Å². The third-order valence-corrected chi connectivity index (χ3v) is 5.00. The Morgan fingerprint density at radius 1 is 1.14 bits per heavy atom. The first-order valence-corrected chi connectivity index (χ1v) is 9.85. The zero-order chi connectivity index (χ0) is 19.3. The number of tetrazole rings is 1. The van der Waals surface area contributed by atoms with Crippen LogP contribution in [0, 0.1) is 6.92 Å². The number of carbonyl (C=O) groups is 1. The van der Waals surface area contributed by atoms with Gasteiger partial charge in [0.1, 0.15) is 0 Å². The fourth-order valence-corrected chi connectivity index (χ4v) is 3.38. The molecule has 0 radical (unpaired) electrons. The Morgan fingerprint density at radius 2 is 1.93 bits per heavy atom. The molecule has 0 atom stereocenters. The highest BCUT2D eigenvalue weighted by Crippen LogP contribution is 2.32. The molecule has 1 aromatic heterocycles. The number of anilines is 1. The fraction of sp³-hybridized carbons (Fsp3) is 0.263. The molecule has 0 unspecified atom stereocenters. The van der Waals surface area contributed by atoms with Gasteiger partial charge in [0, 0.05) is 18.2 Å². The van der Waals surface area contributed by atoms with E-state index in [0.29, 0.717) is 35.6 Å². The number of thioether (sulfide) groups is 1. The first-order chi connectivity index (χ1) is 13.7. The smallest absolute Gasteiger partial charge is 0.234 e. The Labute approximate surface area is 166 Å². The van der Waals surface area contributed by atoms with E-state index >= 15 is 0 Å². The first kappa shape index (κ1) is 18.3. The van der Waals surface area contributed by atoms with Crippen LogP contribution in [0.15, 0.2) is 47.6 Å². The second kappa shape index (κ2) is 8.30. The Bertz CT molecular complexity index is 974. The first-order valence-electron chi connectivity index (χ1n) is 8.87. The number of nitrogens with zero attached hydrogens (tertiary/aromatic N) is 4. The highest BCUT2D eigenvalue weighted by atomic mass is 32.2. The van der Waals surface area contributed by atoms with Crippen LogP contribution in [0.1, 0.15) is 12.0 Å². The number of hydrogen-bond donors (Lipinski definition) is 1. The number of ether oxygens (including phenoxy) is 2. The van der Waals surface area contributed by atoms with Gasteiger partial charge in [0.15, 0.2) is 11.5 Å². The van der Waals surface area contributed by atoms with Gasteiger partial charge in [-0.25, -0.2) is 0 Å². The van der Waals surface area contributed by atoms with Crippen LogP contribution in [-0.4, -0.2) is 45.1 Å². The third kappa shape index (κ3) is 4.25. The highest BCUT2D eigenvalue weighted by Gasteiger charge is 2.14. The van der Waals surface area contributed by atoms with Crippen molar-refractivity contribution in [3.05, 3.63) is 48.0 Å². The number of carbonyl (C=O) groups excluding carboxylic acids is 1. The second-order valence-corrected chi connectivity index (χ2v) is 7.20. The summed E-state index contributed by atoms with van der Waals surface area (Å²) in [5.41, 5.74) is 2.66. The van der Waals surface area contributed by atoms with Crippen molar-refractivity contribution in [3.63, 3.8) is 0 Å². The summed E-state index contributed by atoms with van der Waals surface area (Å²) in [6, 6.07) is 13.2. The summed E-state index contributed by atoms with van der Waals surface area (Å²) in [7, 11) is 0. The van der Waals surface area contributed by atoms with Crippen LogP contribution in [0.3, 0.4) is 0 Å². The molecule has 144 valence electrons. The van der Waals surface area contributed by atoms with Crippen LogP contribution in [0.4, 0.5) is 5.69 Å². The number of rotatable bonds is 5. The molecule has 4 rings (SSSR count). The number of aromatic nitrogens is 4. The van der Waals surface area contributed by atoms with Crippen LogP contribution in [-0.2, 0) is 4.79 Å². The van der Waals surface area contributed by atoms with Crippen molar-refractivity contribution >= 4 is 23.4 Å². The number of nitrogens with one attached hydrogen (secondary N) is 1. The summed E-state index contributed by atoms with van der Waals surface area (Å²) in [4.78, 5) is 12.4. The van der Waals surface area contributed by atoms with Gasteiger partial charge in [0.25, 0.3) is 0 Å². The predicted molar refractivity (Wildman–Crippen MR) is 105 cm³/mol. The summed E-state index contributed by atoms with van der Waals surface area (Å²) in [6.45, 7) is 3.25. The summed E-state index contributed by atoms with van der Waals surface area (Å²) in [6.07, 6.45) is 0.836. The Hall–Kier alpha value is -3.07. The lowest BCUT2D eigenvalue weighted by molar-refractivity contribution is -0.113. The van der Waals surface area contributed by atoms with Crippen molar-refractivity contribution in [2.45, 2.75) is 18.5 Å². The fourth-order valence-electron chi connectivity index (χ4n) is 2.69. The number of aryl methyl sites for hydroxylation is 1. The van der Waals surface area contributed by atoms with E-state index in [1.807, 2.05) is 31.2 Å². The molecule has 0 fully saturated rings. The molecule has 1 amide bonds. The third-order valence-electron chi connectivity index (χ3n) is 4.08. The van der Waals surface area contributed by atoms with E-state index in [4.69, 9.17) is 9.47 Å². The topological polar surface area (TPSA) is 91.2 Å². The Morgan fingerprint density at radius 3 is 2.75 bits per heavy atom. The largest absolute Gasteiger partial charge is 0.490 e. The van der Waals surface area contributed by atoms with Gasteiger partial charge in [-0.2, -0.15) is 4.68 Å². The molecule has 0 spiro atoms. The zero-order valence-electron chi connectivity index (χ0n) is 15.3. The van der Waals surface area contributed by atoms with E-state index in [2.05, 4.69) is 20.8 Å². The summed E-state index contributed by atoms with van der Waals surface area (Å²) in [5, 5.41) is 15.2. The average molecular weight is 397 g/mol. The molecule has 0 saturated carbocycles. The molecule has 2 aromatic carbocycles. The Balaban J connectivity index is 1.38. The van der Waals surface area contributed by atoms with Crippen molar-refractivity contribution < 1.29 is 14.3 Å². The number of hydrogen-bond acceptors (Lipinski definition) is 7. The van der Waals surface area contributed by atoms with Gasteiger partial charge in [-0.3, -0.25) is 4.79 Å². The number of benzene rings is 2. The molecule has 0 bridgehead atoms. The molecular weight excluding hydrogens is 378 g/mol. The number of amides is 1. The minimum Gasteiger partial charge on any atom is -0.490 e. The molecule has 0 aliphatic carbocycles. The van der Waals surface area contributed by atoms with Crippen molar-refractivity contribution in [1.29, 1.82) is 0 Å². The monoisotopic (exact) mass is 397 g/mol. The average Bonchev–Trinajstić information content (AvgIpc) is 3.04. The minimum absolute atomic E-state index is 0.155. The highest BCUT2D eigenvalue weighted by molar-refractivity contribution is 7.99. The van der Waals surface area contributed by atoms with Crippen LogP contribution in [0.25, 0.3) is 5.69 Å². The van der Waals surface area contributed by atoms with Crippen LogP contribution < -0.4 is 14.8 Å². The van der Waals surface area contributed by atoms with E-state index in [1.54, 1.807) is 22.9 Å². The van der Waals surface area contributed by atoms with Crippen LogP contribution in [0.5, 0.6) is 11.5 Å². The molecule has 28 heavy (non-hydrogen) atoms. The molecule has 9 heteroatoms. The van der Waals surface area contributed by atoms with Gasteiger partial charge in [0.2, 0.25) is 11.1 Å². The SMILES string of the molecule is Cc1ccc(-n2nnnc2SCC(=O)Nc2ccc3c(c2)OCCCO3)cc1. The van der Waals surface area contributed by atoms with Crippen molar-refractivity contribution in [2.24, 2.45) is 0 Å². The van der Waals surface area contributed by atoms with Gasteiger partial charge in [-0.1, -0.05) is 29.5 Å². The molecule has 1 aliphatic heterocycles. The summed E-state index contributed by atoms with van der Waals surface area (Å²) >= 11 is 1.27. The molecule has 3 aromatic rings. The molecular formula is C19H19N5O3S. The van der Waals surface area contributed by atoms with Crippen LogP contribution in [0.2, 0.25) is 0 Å². The van der Waals surface area contributed by atoms with E-state index in [0.717, 1.165) is 17.7 Å². The van der Waals surface area contributed by atoms with Gasteiger partial charge in [-0.15, -0.1) is 5.10 Å². The van der Waals surface area contributed by atoms with Crippen molar-refractivity contribution in [1.82, 2.24) is 20.2 Å². The molecule has 2 heterocycles.